The molecule has 2 unspecified atom stereocenters. The Hall–Kier alpha value is -2.64. The third kappa shape index (κ3) is 3.33. The van der Waals surface area contributed by atoms with Crippen molar-refractivity contribution in [3.63, 3.8) is 0 Å². The molecular weight excluding hydrogens is 293 g/mol. The summed E-state index contributed by atoms with van der Waals surface area (Å²) in [5.74, 6) is -1.61. The van der Waals surface area contributed by atoms with Gasteiger partial charge in [0.15, 0.2) is 6.54 Å². The number of nitrogens with one attached hydrogen (secondary N) is 1. The van der Waals surface area contributed by atoms with Crippen LogP contribution < -0.4 is 0 Å². The molecule has 1 aromatic rings. The van der Waals surface area contributed by atoms with Gasteiger partial charge in [-0.25, -0.2) is 19.5 Å². The third-order valence-corrected chi connectivity index (χ3v) is 3.53. The van der Waals surface area contributed by atoms with Crippen LogP contribution in [0.4, 0.5) is 9.18 Å². The predicted molar refractivity (Wildman–Crippen MR) is 71.8 cm³/mol. The number of rotatable bonds is 4. The van der Waals surface area contributed by atoms with Crippen molar-refractivity contribution < 1.29 is 23.5 Å². The molecule has 0 aromatic heterocycles. The minimum atomic E-state index is -0.949. The van der Waals surface area contributed by atoms with Crippen LogP contribution in [-0.2, 0) is 14.3 Å². The maximum atomic E-state index is 13.0. The highest BCUT2D eigenvalue weighted by atomic mass is 19.1. The Bertz CT molecular complexity index is 590. The van der Waals surface area contributed by atoms with Crippen molar-refractivity contribution in [2.45, 2.75) is 18.4 Å². The molecule has 1 aromatic carbocycles. The number of carbonyl (C=O) groups is 3. The number of hydrogen-bond donors (Lipinski definition) is 1. The molecule has 1 saturated heterocycles. The number of carbonyl (C=O) groups excluding carboxylic acids is 3. The number of hydrogen-bond acceptors (Lipinski definition) is 6. The van der Waals surface area contributed by atoms with Gasteiger partial charge in [0.25, 0.3) is 0 Å². The van der Waals surface area contributed by atoms with Crippen molar-refractivity contribution in [3.05, 3.63) is 35.6 Å². The summed E-state index contributed by atoms with van der Waals surface area (Å²) in [6.07, 6.45) is 0.179. The van der Waals surface area contributed by atoms with Crippen molar-refractivity contribution >= 4 is 18.3 Å². The first-order chi connectivity index (χ1) is 10.6. The highest BCUT2D eigenvalue weighted by Gasteiger charge is 2.39. The smallest absolute Gasteiger partial charge is 0.375 e. The van der Waals surface area contributed by atoms with Gasteiger partial charge in [-0.1, -0.05) is 12.1 Å². The van der Waals surface area contributed by atoms with Gasteiger partial charge >= 0.3 is 12.1 Å². The number of ether oxygens (including phenoxy) is 1. The largest absolute Gasteiger partial charge is 0.418 e. The fourth-order valence-corrected chi connectivity index (χ4v) is 2.52. The lowest BCUT2D eigenvalue weighted by Crippen LogP contribution is -2.40. The van der Waals surface area contributed by atoms with E-state index in [1.807, 2.05) is 0 Å². The van der Waals surface area contributed by atoms with E-state index in [1.165, 1.54) is 12.1 Å². The molecule has 0 radical (unpaired) electrons. The molecule has 2 rings (SSSR count). The summed E-state index contributed by atoms with van der Waals surface area (Å²) in [5.41, 5.74) is 7.27. The Balaban J connectivity index is 2.10. The number of likely N-dealkylation sites (tertiary alicyclic amines) is 1. The SMILES string of the molecule is N=NCC(=O)OC(=O)N1CCC(c2ccc(F)cc2)C1C=O. The second kappa shape index (κ2) is 6.88. The molecule has 0 saturated carbocycles. The van der Waals surface area contributed by atoms with E-state index in [0.29, 0.717) is 12.7 Å². The van der Waals surface area contributed by atoms with Gasteiger partial charge in [-0.15, -0.1) is 0 Å². The molecular formula is C14H14FN3O4. The Kier molecular flexibility index (Phi) is 4.92. The van der Waals surface area contributed by atoms with Gasteiger partial charge in [0, 0.05) is 12.5 Å². The number of aldehydes is 1. The molecule has 1 aliphatic rings. The minimum absolute atomic E-state index is 0.246. The second-order valence-electron chi connectivity index (χ2n) is 4.82. The van der Waals surface area contributed by atoms with E-state index in [4.69, 9.17) is 5.53 Å². The Labute approximate surface area is 125 Å². The second-order valence-corrected chi connectivity index (χ2v) is 4.82. The molecule has 116 valence electrons. The summed E-state index contributed by atoms with van der Waals surface area (Å²) in [6.45, 7) is -0.303. The molecule has 8 heteroatoms. The van der Waals surface area contributed by atoms with E-state index < -0.39 is 24.6 Å². The van der Waals surface area contributed by atoms with Crippen molar-refractivity contribution in [2.75, 3.05) is 13.1 Å². The lowest BCUT2D eigenvalue weighted by molar-refractivity contribution is -0.137. The molecule has 1 N–H and O–H groups in total. The van der Waals surface area contributed by atoms with Crippen LogP contribution in [0.25, 0.3) is 0 Å². The monoisotopic (exact) mass is 307 g/mol. The number of benzene rings is 1. The molecule has 0 aliphatic carbocycles. The van der Waals surface area contributed by atoms with Gasteiger partial charge in [-0.3, -0.25) is 4.90 Å². The molecule has 22 heavy (non-hydrogen) atoms. The van der Waals surface area contributed by atoms with E-state index in [-0.39, 0.29) is 18.3 Å². The summed E-state index contributed by atoms with van der Waals surface area (Å²) in [4.78, 5) is 35.6. The summed E-state index contributed by atoms with van der Waals surface area (Å²) in [5, 5.41) is 2.82. The van der Waals surface area contributed by atoms with Gasteiger partial charge in [0.1, 0.15) is 12.1 Å². The maximum absolute atomic E-state index is 13.0. The van der Waals surface area contributed by atoms with Crippen LogP contribution in [0.1, 0.15) is 17.9 Å². The van der Waals surface area contributed by atoms with Crippen molar-refractivity contribution in [3.8, 4) is 0 Å². The van der Waals surface area contributed by atoms with Crippen LogP contribution in [0.15, 0.2) is 29.4 Å². The van der Waals surface area contributed by atoms with Crippen LogP contribution in [0.2, 0.25) is 0 Å². The number of amides is 1. The summed E-state index contributed by atoms with van der Waals surface area (Å²) in [6, 6.07) is 4.93. The minimum Gasteiger partial charge on any atom is -0.375 e. The van der Waals surface area contributed by atoms with Gasteiger partial charge in [0.2, 0.25) is 0 Å². The average Bonchev–Trinajstić information content (AvgIpc) is 2.92. The Morgan fingerprint density at radius 2 is 2.09 bits per heavy atom. The normalized spacial score (nSPS) is 20.5. The van der Waals surface area contributed by atoms with E-state index in [9.17, 15) is 18.8 Å². The fourth-order valence-electron chi connectivity index (χ4n) is 2.52. The van der Waals surface area contributed by atoms with Gasteiger partial charge < -0.3 is 9.53 Å². The van der Waals surface area contributed by atoms with Gasteiger partial charge in [-0.05, 0) is 24.1 Å². The quantitative estimate of drug-likeness (QED) is 0.397. The van der Waals surface area contributed by atoms with E-state index in [0.717, 1.165) is 10.5 Å². The molecule has 0 spiro atoms. The van der Waals surface area contributed by atoms with Crippen LogP contribution >= 0.6 is 0 Å². The van der Waals surface area contributed by atoms with Crippen molar-refractivity contribution in [2.24, 2.45) is 5.11 Å². The number of nitrogens with zero attached hydrogens (tertiary/aromatic N) is 2. The lowest BCUT2D eigenvalue weighted by Gasteiger charge is -2.22. The first-order valence-electron chi connectivity index (χ1n) is 6.62. The zero-order valence-corrected chi connectivity index (χ0v) is 11.6. The zero-order valence-electron chi connectivity index (χ0n) is 11.6. The number of esters is 1. The Morgan fingerprint density at radius 1 is 1.41 bits per heavy atom. The summed E-state index contributed by atoms with van der Waals surface area (Å²) in [7, 11) is 0. The molecule has 0 bridgehead atoms. The standard InChI is InChI=1S/C14H14FN3O4/c15-10-3-1-9(2-4-10)11-5-6-18(12(11)8-19)14(21)22-13(20)7-17-16/h1-4,8,11-12,16H,5-7H2. The van der Waals surface area contributed by atoms with Crippen LogP contribution in [-0.4, -0.2) is 42.4 Å². The molecule has 1 heterocycles. The molecule has 1 amide bonds. The van der Waals surface area contributed by atoms with Crippen LogP contribution in [0, 0.1) is 11.3 Å². The highest BCUT2D eigenvalue weighted by molar-refractivity contribution is 5.87. The fraction of sp³-hybridized carbons (Fsp3) is 0.357. The highest BCUT2D eigenvalue weighted by Crippen LogP contribution is 2.33. The zero-order chi connectivity index (χ0) is 16.1. The Morgan fingerprint density at radius 3 is 2.68 bits per heavy atom. The summed E-state index contributed by atoms with van der Waals surface area (Å²) >= 11 is 0. The van der Waals surface area contributed by atoms with Crippen molar-refractivity contribution in [1.29, 1.82) is 5.53 Å². The van der Waals surface area contributed by atoms with Crippen LogP contribution in [0.3, 0.4) is 0 Å². The molecule has 1 fully saturated rings. The first-order valence-corrected chi connectivity index (χ1v) is 6.62. The van der Waals surface area contributed by atoms with Gasteiger partial charge in [-0.2, -0.15) is 5.11 Å². The van der Waals surface area contributed by atoms with E-state index in [2.05, 4.69) is 9.85 Å². The van der Waals surface area contributed by atoms with Crippen LogP contribution in [0.5, 0.6) is 0 Å². The predicted octanol–water partition coefficient (Wildman–Crippen LogP) is 1.88. The van der Waals surface area contributed by atoms with E-state index >= 15 is 0 Å². The summed E-state index contributed by atoms with van der Waals surface area (Å²) < 4.78 is 17.5. The maximum Gasteiger partial charge on any atom is 0.418 e. The molecule has 2 atom stereocenters. The molecule has 7 nitrogen and oxygen atoms in total. The van der Waals surface area contributed by atoms with E-state index in [1.54, 1.807) is 12.1 Å². The third-order valence-electron chi connectivity index (χ3n) is 3.53. The average molecular weight is 307 g/mol. The number of halogens is 1. The topological polar surface area (TPSA) is 99.9 Å². The van der Waals surface area contributed by atoms with Gasteiger partial charge in [0.05, 0.1) is 6.04 Å². The van der Waals surface area contributed by atoms with Crippen molar-refractivity contribution in [1.82, 2.24) is 4.90 Å². The molecule has 1 aliphatic heterocycles. The first kappa shape index (κ1) is 15.7. The lowest BCUT2D eigenvalue weighted by atomic mass is 9.92.